The van der Waals surface area contributed by atoms with Gasteiger partial charge in [0.1, 0.15) is 4.88 Å². The van der Waals surface area contributed by atoms with E-state index in [9.17, 15) is 9.59 Å². The molecule has 0 saturated heterocycles. The number of aryl methyl sites for hydroxylation is 1. The second-order valence-electron chi connectivity index (χ2n) is 6.18. The van der Waals surface area contributed by atoms with Crippen molar-refractivity contribution in [3.63, 3.8) is 0 Å². The van der Waals surface area contributed by atoms with Gasteiger partial charge in [-0.15, -0.1) is 11.3 Å². The first-order chi connectivity index (χ1) is 12.0. The van der Waals surface area contributed by atoms with Crippen LogP contribution in [0.2, 0.25) is 0 Å². The molecule has 0 bridgehead atoms. The molecule has 0 aromatic carbocycles. The summed E-state index contributed by atoms with van der Waals surface area (Å²) >= 11 is 1.45. The zero-order chi connectivity index (χ0) is 18.2. The molecule has 0 fully saturated rings. The van der Waals surface area contributed by atoms with Crippen LogP contribution in [-0.4, -0.2) is 36.5 Å². The lowest BCUT2D eigenvalue weighted by Gasteiger charge is -2.19. The van der Waals surface area contributed by atoms with Crippen molar-refractivity contribution in [2.24, 2.45) is 5.92 Å². The van der Waals surface area contributed by atoms with Crippen molar-refractivity contribution in [1.82, 2.24) is 4.90 Å². The molecule has 1 aliphatic carbocycles. The van der Waals surface area contributed by atoms with Gasteiger partial charge in [-0.1, -0.05) is 6.92 Å². The van der Waals surface area contributed by atoms with Crippen molar-refractivity contribution in [1.29, 1.82) is 10.5 Å². The Balaban J connectivity index is 1.91. The van der Waals surface area contributed by atoms with Gasteiger partial charge >= 0.3 is 5.97 Å². The van der Waals surface area contributed by atoms with Gasteiger partial charge in [0.05, 0.1) is 25.0 Å². The average Bonchev–Trinajstić information content (AvgIpc) is 3.02. The molecule has 1 aromatic rings. The number of carbonyl (C=O) groups is 2. The molecule has 2 rings (SSSR count). The molecular weight excluding hydrogens is 338 g/mol. The number of esters is 1. The number of nitrogens with zero attached hydrogens (tertiary/aromatic N) is 3. The third-order valence-electron chi connectivity index (χ3n) is 4.20. The van der Waals surface area contributed by atoms with Crippen LogP contribution in [0.3, 0.4) is 0 Å². The van der Waals surface area contributed by atoms with Gasteiger partial charge in [-0.2, -0.15) is 10.5 Å². The number of amides is 1. The molecule has 0 spiro atoms. The predicted molar refractivity (Wildman–Crippen MR) is 92.8 cm³/mol. The van der Waals surface area contributed by atoms with Crippen LogP contribution in [-0.2, 0) is 22.4 Å². The number of rotatable bonds is 7. The first-order valence-corrected chi connectivity index (χ1v) is 9.17. The molecule has 0 saturated carbocycles. The van der Waals surface area contributed by atoms with Crippen molar-refractivity contribution in [3.05, 3.63) is 21.4 Å². The number of fused-ring (bicyclic) bond motifs is 1. The highest BCUT2D eigenvalue weighted by atomic mass is 32.1. The zero-order valence-corrected chi connectivity index (χ0v) is 15.1. The Labute approximate surface area is 151 Å². The topological polar surface area (TPSA) is 94.2 Å². The lowest BCUT2D eigenvalue weighted by Crippen LogP contribution is -2.36. The largest absolute Gasteiger partial charge is 0.451 e. The molecule has 25 heavy (non-hydrogen) atoms. The Bertz CT molecular complexity index is 696. The summed E-state index contributed by atoms with van der Waals surface area (Å²) in [6, 6.07) is 5.82. The molecule has 6 nitrogen and oxygen atoms in total. The van der Waals surface area contributed by atoms with Crippen molar-refractivity contribution in [2.45, 2.75) is 39.0 Å². The van der Waals surface area contributed by atoms with E-state index in [1.165, 1.54) is 26.7 Å². The van der Waals surface area contributed by atoms with Gasteiger partial charge in [0.15, 0.2) is 6.61 Å². The summed E-state index contributed by atoms with van der Waals surface area (Å²) in [6.07, 6.45) is 3.47. The molecule has 1 heterocycles. The molecule has 1 unspecified atom stereocenters. The van der Waals surface area contributed by atoms with Gasteiger partial charge < -0.3 is 9.64 Å². The van der Waals surface area contributed by atoms with Crippen LogP contribution >= 0.6 is 11.3 Å². The SMILES string of the molecule is CC1CCc2sc(C(=O)OCC(=O)N(CCC#N)CCC#N)cc2C1. The molecule has 1 atom stereocenters. The number of ether oxygens (including phenoxy) is 1. The number of thiophene rings is 1. The molecular formula is C18H21N3O3S. The van der Waals surface area contributed by atoms with Crippen LogP contribution in [0.25, 0.3) is 0 Å². The maximum Gasteiger partial charge on any atom is 0.348 e. The minimum Gasteiger partial charge on any atom is -0.451 e. The van der Waals surface area contributed by atoms with Crippen molar-refractivity contribution >= 4 is 23.2 Å². The molecule has 1 aromatic heterocycles. The van der Waals surface area contributed by atoms with Crippen LogP contribution in [0.15, 0.2) is 6.07 Å². The predicted octanol–water partition coefficient (Wildman–Crippen LogP) is 2.69. The second kappa shape index (κ2) is 9.19. The van der Waals surface area contributed by atoms with Gasteiger partial charge in [0.25, 0.3) is 5.91 Å². The lowest BCUT2D eigenvalue weighted by molar-refractivity contribution is -0.134. The van der Waals surface area contributed by atoms with E-state index in [-0.39, 0.29) is 38.4 Å². The van der Waals surface area contributed by atoms with Gasteiger partial charge in [-0.3, -0.25) is 4.79 Å². The van der Waals surface area contributed by atoms with Crippen molar-refractivity contribution in [3.8, 4) is 12.1 Å². The van der Waals surface area contributed by atoms with E-state index in [1.54, 1.807) is 0 Å². The van der Waals surface area contributed by atoms with E-state index in [1.807, 2.05) is 18.2 Å². The lowest BCUT2D eigenvalue weighted by atomic mass is 9.90. The molecule has 1 amide bonds. The fourth-order valence-corrected chi connectivity index (χ4v) is 3.93. The molecule has 132 valence electrons. The summed E-state index contributed by atoms with van der Waals surface area (Å²) < 4.78 is 5.15. The number of carbonyl (C=O) groups excluding carboxylic acids is 2. The number of nitriles is 2. The number of hydrogen-bond acceptors (Lipinski definition) is 6. The molecule has 0 radical (unpaired) electrons. The average molecular weight is 359 g/mol. The Morgan fingerprint density at radius 2 is 2.00 bits per heavy atom. The first-order valence-electron chi connectivity index (χ1n) is 8.35. The standard InChI is InChI=1S/C18H21N3O3S/c1-13-4-5-15-14(10-13)11-16(25-15)18(23)24-12-17(22)21(8-2-6-19)9-3-7-20/h11,13H,2-5,8-10,12H2,1H3. The highest BCUT2D eigenvalue weighted by Crippen LogP contribution is 2.32. The van der Waals surface area contributed by atoms with Crippen LogP contribution in [0, 0.1) is 28.6 Å². The van der Waals surface area contributed by atoms with E-state index < -0.39 is 5.97 Å². The third-order valence-corrected chi connectivity index (χ3v) is 5.41. The highest BCUT2D eigenvalue weighted by Gasteiger charge is 2.22. The van der Waals surface area contributed by atoms with E-state index in [0.717, 1.165) is 19.3 Å². The Hall–Kier alpha value is -2.38. The monoisotopic (exact) mass is 359 g/mol. The summed E-state index contributed by atoms with van der Waals surface area (Å²) in [5.74, 6) is -0.240. The zero-order valence-electron chi connectivity index (χ0n) is 14.3. The third kappa shape index (κ3) is 5.30. The minimum absolute atomic E-state index is 0.181. The van der Waals surface area contributed by atoms with Gasteiger partial charge in [-0.25, -0.2) is 4.79 Å². The smallest absolute Gasteiger partial charge is 0.348 e. The van der Waals surface area contributed by atoms with Gasteiger partial charge in [-0.05, 0) is 36.8 Å². The van der Waals surface area contributed by atoms with Crippen LogP contribution in [0.4, 0.5) is 0 Å². The minimum atomic E-state index is -0.485. The van der Waals surface area contributed by atoms with Crippen molar-refractivity contribution in [2.75, 3.05) is 19.7 Å². The van der Waals surface area contributed by atoms with Crippen LogP contribution in [0.1, 0.15) is 46.3 Å². The van der Waals surface area contributed by atoms with Crippen LogP contribution < -0.4 is 0 Å². The summed E-state index contributed by atoms with van der Waals surface area (Å²) in [7, 11) is 0. The van der Waals surface area contributed by atoms with Gasteiger partial charge in [0, 0.05) is 18.0 Å². The maximum absolute atomic E-state index is 12.2. The molecule has 0 aliphatic heterocycles. The summed E-state index contributed by atoms with van der Waals surface area (Å²) in [5.41, 5.74) is 1.21. The fourth-order valence-electron chi connectivity index (χ4n) is 2.83. The second-order valence-corrected chi connectivity index (χ2v) is 7.32. The Morgan fingerprint density at radius 1 is 1.32 bits per heavy atom. The number of hydrogen-bond donors (Lipinski definition) is 0. The van der Waals surface area contributed by atoms with Crippen LogP contribution in [0.5, 0.6) is 0 Å². The van der Waals surface area contributed by atoms with Gasteiger partial charge in [0.2, 0.25) is 0 Å². The van der Waals surface area contributed by atoms with Crippen molar-refractivity contribution < 1.29 is 14.3 Å². The highest BCUT2D eigenvalue weighted by molar-refractivity contribution is 7.14. The van der Waals surface area contributed by atoms with E-state index in [4.69, 9.17) is 15.3 Å². The first kappa shape index (κ1) is 19.0. The van der Waals surface area contributed by atoms with E-state index in [0.29, 0.717) is 10.8 Å². The van der Waals surface area contributed by atoms with E-state index >= 15 is 0 Å². The maximum atomic E-state index is 12.2. The molecule has 1 aliphatic rings. The summed E-state index contributed by atoms with van der Waals surface area (Å²) in [5, 5.41) is 17.3. The molecule has 0 N–H and O–H groups in total. The molecule has 7 heteroatoms. The Kier molecular flexibility index (Phi) is 6.97. The normalized spacial score (nSPS) is 15.6. The quantitative estimate of drug-likeness (QED) is 0.698. The fraction of sp³-hybridized carbons (Fsp3) is 0.556. The summed E-state index contributed by atoms with van der Waals surface area (Å²) in [4.78, 5) is 27.5. The van der Waals surface area contributed by atoms with E-state index in [2.05, 4.69) is 6.92 Å². The summed E-state index contributed by atoms with van der Waals surface area (Å²) in [6.45, 7) is 2.31. The Morgan fingerprint density at radius 3 is 2.64 bits per heavy atom.